The van der Waals surface area contributed by atoms with Crippen LogP contribution in [0.4, 0.5) is 10.2 Å². The van der Waals surface area contributed by atoms with E-state index in [1.807, 2.05) is 0 Å². The second-order valence-corrected chi connectivity index (χ2v) is 6.30. The van der Waals surface area contributed by atoms with Gasteiger partial charge in [-0.25, -0.2) is 14.4 Å². The molecule has 0 spiro atoms. The lowest BCUT2D eigenvalue weighted by atomic mass is 10.2. The Hall–Kier alpha value is -3.81. The van der Waals surface area contributed by atoms with Crippen molar-refractivity contribution < 1.29 is 23.8 Å². The summed E-state index contributed by atoms with van der Waals surface area (Å²) >= 11 is 0. The molecule has 0 fully saturated rings. The zero-order valence-corrected chi connectivity index (χ0v) is 15.7. The van der Waals surface area contributed by atoms with Crippen LogP contribution in [-0.4, -0.2) is 32.9 Å². The first-order valence-electron chi connectivity index (χ1n) is 8.75. The molecular formula is C21H18FN3O4. The number of carbonyl (C=O) groups is 2. The molecule has 29 heavy (non-hydrogen) atoms. The van der Waals surface area contributed by atoms with Gasteiger partial charge in [0.1, 0.15) is 34.9 Å². The maximum atomic E-state index is 13.0. The minimum absolute atomic E-state index is 0.168. The number of halogens is 1. The molecule has 0 bridgehead atoms. The minimum Gasteiger partial charge on any atom is -0.480 e. The summed E-state index contributed by atoms with van der Waals surface area (Å²) in [4.78, 5) is 31.4. The van der Waals surface area contributed by atoms with Crippen LogP contribution in [0.15, 0.2) is 54.6 Å². The maximum Gasteiger partial charge on any atom is 0.325 e. The van der Waals surface area contributed by atoms with E-state index in [1.165, 1.54) is 44.2 Å². The molecule has 2 N–H and O–H groups in total. The Morgan fingerprint density at radius 3 is 2.17 bits per heavy atom. The van der Waals surface area contributed by atoms with Crippen LogP contribution < -0.4 is 10.1 Å². The molecule has 7 nitrogen and oxygen atoms in total. The van der Waals surface area contributed by atoms with Crippen LogP contribution in [-0.2, 0) is 4.79 Å². The Kier molecular flexibility index (Phi) is 5.82. The van der Waals surface area contributed by atoms with Crippen LogP contribution in [0.25, 0.3) is 11.4 Å². The highest BCUT2D eigenvalue weighted by atomic mass is 19.1. The van der Waals surface area contributed by atoms with E-state index in [9.17, 15) is 14.0 Å². The highest BCUT2D eigenvalue weighted by molar-refractivity contribution is 5.93. The third-order valence-electron chi connectivity index (χ3n) is 3.98. The molecule has 0 aliphatic carbocycles. The lowest BCUT2D eigenvalue weighted by Crippen LogP contribution is -2.26. The smallest absolute Gasteiger partial charge is 0.325 e. The van der Waals surface area contributed by atoms with Gasteiger partial charge < -0.3 is 15.2 Å². The summed E-state index contributed by atoms with van der Waals surface area (Å²) in [5.41, 5.74) is 0.785. The van der Waals surface area contributed by atoms with E-state index < -0.39 is 12.0 Å². The predicted molar refractivity (Wildman–Crippen MR) is 105 cm³/mol. The van der Waals surface area contributed by atoms with E-state index in [1.54, 1.807) is 24.3 Å². The normalized spacial score (nSPS) is 11.6. The Morgan fingerprint density at radius 1 is 1.03 bits per heavy atom. The number of ketones is 1. The number of carbonyl (C=O) groups excluding carboxylic acids is 1. The van der Waals surface area contributed by atoms with E-state index in [4.69, 9.17) is 9.84 Å². The van der Waals surface area contributed by atoms with Crippen molar-refractivity contribution in [2.24, 2.45) is 0 Å². The number of hydrogen-bond donors (Lipinski definition) is 2. The Bertz CT molecular complexity index is 1040. The molecule has 3 rings (SSSR count). The molecule has 0 aliphatic heterocycles. The molecule has 0 amide bonds. The fourth-order valence-corrected chi connectivity index (χ4v) is 2.42. The molecule has 0 saturated carbocycles. The van der Waals surface area contributed by atoms with E-state index in [-0.39, 0.29) is 28.9 Å². The van der Waals surface area contributed by atoms with Gasteiger partial charge in [0.2, 0.25) is 0 Å². The number of Topliss-reactive ketones (excluding diaryl/α,β-unsaturated/α-hetero) is 1. The summed E-state index contributed by atoms with van der Waals surface area (Å²) in [6, 6.07) is 13.0. The lowest BCUT2D eigenvalue weighted by molar-refractivity contribution is -0.137. The largest absolute Gasteiger partial charge is 0.480 e. The van der Waals surface area contributed by atoms with Crippen molar-refractivity contribution in [1.29, 1.82) is 0 Å². The SMILES string of the molecule is CC(=O)c1cc(N[C@@H](C)C(=O)O)nc(-c2ccc(Oc3ccc(F)cc3)cc2)n1. The van der Waals surface area contributed by atoms with E-state index in [0.29, 0.717) is 17.1 Å². The number of benzene rings is 2. The Labute approximate surface area is 166 Å². The number of anilines is 1. The number of hydrogen-bond acceptors (Lipinski definition) is 6. The van der Waals surface area contributed by atoms with Crippen LogP contribution in [0.1, 0.15) is 24.3 Å². The standard InChI is InChI=1S/C21H18FN3O4/c1-12(21(27)28)23-19-11-18(13(2)26)24-20(25-19)14-3-7-16(8-4-14)29-17-9-5-15(22)6-10-17/h3-12H,1-2H3,(H,27,28)(H,23,24,25)/t12-/m0/s1. The quantitative estimate of drug-likeness (QED) is 0.579. The molecule has 0 unspecified atom stereocenters. The number of carboxylic acid groups (broad SMARTS) is 1. The maximum absolute atomic E-state index is 13.0. The molecule has 8 heteroatoms. The number of nitrogens with one attached hydrogen (secondary N) is 1. The van der Waals surface area contributed by atoms with Crippen molar-refractivity contribution in [3.8, 4) is 22.9 Å². The molecule has 1 aromatic heterocycles. The summed E-state index contributed by atoms with van der Waals surface area (Å²) in [6.07, 6.45) is 0. The number of nitrogens with zero attached hydrogens (tertiary/aromatic N) is 2. The molecule has 2 aromatic carbocycles. The van der Waals surface area contributed by atoms with Crippen LogP contribution in [0.3, 0.4) is 0 Å². The summed E-state index contributed by atoms with van der Waals surface area (Å²) in [5.74, 6) is -0.137. The average molecular weight is 395 g/mol. The first-order chi connectivity index (χ1) is 13.8. The fourth-order valence-electron chi connectivity index (χ4n) is 2.42. The number of carboxylic acids is 1. The number of aliphatic carboxylic acids is 1. The van der Waals surface area contributed by atoms with E-state index in [0.717, 1.165) is 0 Å². The van der Waals surface area contributed by atoms with Gasteiger partial charge in [0, 0.05) is 18.6 Å². The third-order valence-corrected chi connectivity index (χ3v) is 3.98. The van der Waals surface area contributed by atoms with Crippen LogP contribution >= 0.6 is 0 Å². The van der Waals surface area contributed by atoms with Gasteiger partial charge in [-0.1, -0.05) is 0 Å². The summed E-state index contributed by atoms with van der Waals surface area (Å²) < 4.78 is 18.6. The van der Waals surface area contributed by atoms with Gasteiger partial charge in [0.15, 0.2) is 11.6 Å². The van der Waals surface area contributed by atoms with Crippen molar-refractivity contribution >= 4 is 17.6 Å². The van der Waals surface area contributed by atoms with Crippen molar-refractivity contribution in [3.63, 3.8) is 0 Å². The van der Waals surface area contributed by atoms with Gasteiger partial charge in [-0.05, 0) is 55.5 Å². The molecule has 0 saturated heterocycles. The third kappa shape index (κ3) is 5.13. The predicted octanol–water partition coefficient (Wildman–Crippen LogP) is 4.16. The Balaban J connectivity index is 1.86. The molecule has 1 atom stereocenters. The molecular weight excluding hydrogens is 377 g/mol. The molecule has 3 aromatic rings. The van der Waals surface area contributed by atoms with Gasteiger partial charge >= 0.3 is 5.97 Å². The van der Waals surface area contributed by atoms with Crippen LogP contribution in [0, 0.1) is 5.82 Å². The summed E-state index contributed by atoms with van der Waals surface area (Å²) in [5, 5.41) is 11.8. The van der Waals surface area contributed by atoms with Crippen molar-refractivity contribution in [1.82, 2.24) is 9.97 Å². The molecule has 1 heterocycles. The lowest BCUT2D eigenvalue weighted by Gasteiger charge is -2.12. The topological polar surface area (TPSA) is 101 Å². The van der Waals surface area contributed by atoms with E-state index >= 15 is 0 Å². The minimum atomic E-state index is -1.04. The molecule has 0 aliphatic rings. The first-order valence-corrected chi connectivity index (χ1v) is 8.75. The number of ether oxygens (including phenoxy) is 1. The van der Waals surface area contributed by atoms with Gasteiger partial charge in [0.25, 0.3) is 0 Å². The van der Waals surface area contributed by atoms with Crippen LogP contribution in [0.2, 0.25) is 0 Å². The zero-order valence-electron chi connectivity index (χ0n) is 15.7. The second kappa shape index (κ2) is 8.47. The average Bonchev–Trinajstić information content (AvgIpc) is 2.70. The number of aromatic nitrogens is 2. The second-order valence-electron chi connectivity index (χ2n) is 6.30. The monoisotopic (exact) mass is 395 g/mol. The fraction of sp³-hybridized carbons (Fsp3) is 0.143. The highest BCUT2D eigenvalue weighted by Gasteiger charge is 2.15. The highest BCUT2D eigenvalue weighted by Crippen LogP contribution is 2.25. The zero-order chi connectivity index (χ0) is 21.0. The van der Waals surface area contributed by atoms with Crippen LogP contribution in [0.5, 0.6) is 11.5 Å². The summed E-state index contributed by atoms with van der Waals surface area (Å²) in [6.45, 7) is 2.84. The number of rotatable bonds is 7. The van der Waals surface area contributed by atoms with Gasteiger partial charge in [-0.15, -0.1) is 0 Å². The van der Waals surface area contributed by atoms with Gasteiger partial charge in [-0.2, -0.15) is 0 Å². The van der Waals surface area contributed by atoms with Gasteiger partial charge in [0.05, 0.1) is 0 Å². The van der Waals surface area contributed by atoms with Crippen molar-refractivity contribution in [2.75, 3.05) is 5.32 Å². The van der Waals surface area contributed by atoms with Crippen molar-refractivity contribution in [2.45, 2.75) is 19.9 Å². The molecule has 148 valence electrons. The first kappa shape index (κ1) is 19.9. The Morgan fingerprint density at radius 2 is 1.62 bits per heavy atom. The van der Waals surface area contributed by atoms with Crippen molar-refractivity contribution in [3.05, 3.63) is 66.1 Å². The van der Waals surface area contributed by atoms with E-state index in [2.05, 4.69) is 15.3 Å². The summed E-state index contributed by atoms with van der Waals surface area (Å²) in [7, 11) is 0. The molecule has 0 radical (unpaired) electrons. The van der Waals surface area contributed by atoms with Gasteiger partial charge in [-0.3, -0.25) is 9.59 Å².